The third-order valence-corrected chi connectivity index (χ3v) is 3.57. The number of nitrogens with one attached hydrogen (secondary N) is 1. The number of primary amides is 1. The standard InChI is InChI=1S/C16H15N3O4S/c1-23-13-5-3-2-4-12(13)15(21)18-16(22)19(24)11-8-6-10(7-9-11)14(17)20/h2-9,24H,1H3,(H2,17,20)(H,18,21,22). The zero-order valence-electron chi connectivity index (χ0n) is 12.7. The van der Waals surface area contributed by atoms with Crippen molar-refractivity contribution in [1.29, 1.82) is 0 Å². The highest BCUT2D eigenvalue weighted by Gasteiger charge is 2.19. The molecule has 0 fully saturated rings. The smallest absolute Gasteiger partial charge is 0.338 e. The van der Waals surface area contributed by atoms with Crippen molar-refractivity contribution in [2.75, 3.05) is 11.4 Å². The van der Waals surface area contributed by atoms with Gasteiger partial charge in [-0.25, -0.2) is 9.10 Å². The fourth-order valence-electron chi connectivity index (χ4n) is 1.93. The van der Waals surface area contributed by atoms with Crippen molar-refractivity contribution in [3.63, 3.8) is 0 Å². The molecule has 124 valence electrons. The summed E-state index contributed by atoms with van der Waals surface area (Å²) in [6, 6.07) is 11.6. The van der Waals surface area contributed by atoms with E-state index in [1.165, 1.54) is 37.4 Å². The Bertz CT molecular complexity index is 777. The van der Waals surface area contributed by atoms with Crippen molar-refractivity contribution in [1.82, 2.24) is 5.32 Å². The average molecular weight is 345 g/mol. The van der Waals surface area contributed by atoms with Gasteiger partial charge in [-0.1, -0.05) is 24.9 Å². The van der Waals surface area contributed by atoms with Gasteiger partial charge in [-0.15, -0.1) is 0 Å². The van der Waals surface area contributed by atoms with Gasteiger partial charge in [-0.05, 0) is 36.4 Å². The summed E-state index contributed by atoms with van der Waals surface area (Å²) in [5.41, 5.74) is 6.04. The van der Waals surface area contributed by atoms with Crippen LogP contribution >= 0.6 is 12.8 Å². The number of amides is 4. The molecule has 2 aromatic carbocycles. The highest BCUT2D eigenvalue weighted by molar-refractivity contribution is 7.82. The van der Waals surface area contributed by atoms with E-state index in [-0.39, 0.29) is 5.56 Å². The Kier molecular flexibility index (Phi) is 5.43. The van der Waals surface area contributed by atoms with E-state index in [2.05, 4.69) is 18.1 Å². The van der Waals surface area contributed by atoms with E-state index in [1.807, 2.05) is 0 Å². The van der Waals surface area contributed by atoms with Gasteiger partial charge in [0.1, 0.15) is 5.75 Å². The van der Waals surface area contributed by atoms with Crippen molar-refractivity contribution in [2.24, 2.45) is 5.73 Å². The summed E-state index contributed by atoms with van der Waals surface area (Å²) in [5.74, 6) is -0.854. The number of urea groups is 1. The van der Waals surface area contributed by atoms with E-state index < -0.39 is 17.8 Å². The van der Waals surface area contributed by atoms with Crippen LogP contribution in [0.3, 0.4) is 0 Å². The molecule has 24 heavy (non-hydrogen) atoms. The second kappa shape index (κ2) is 7.51. The van der Waals surface area contributed by atoms with Gasteiger partial charge in [0, 0.05) is 5.56 Å². The quantitative estimate of drug-likeness (QED) is 0.738. The van der Waals surface area contributed by atoms with Gasteiger partial charge < -0.3 is 10.5 Å². The van der Waals surface area contributed by atoms with Crippen molar-refractivity contribution in [3.8, 4) is 5.75 Å². The molecule has 0 radical (unpaired) electrons. The molecule has 0 atom stereocenters. The van der Waals surface area contributed by atoms with Gasteiger partial charge in [-0.3, -0.25) is 14.9 Å². The number of hydrogen-bond acceptors (Lipinski definition) is 5. The van der Waals surface area contributed by atoms with E-state index in [0.717, 1.165) is 4.31 Å². The maximum Gasteiger partial charge on any atom is 0.338 e. The summed E-state index contributed by atoms with van der Waals surface area (Å²) >= 11 is 4.06. The van der Waals surface area contributed by atoms with E-state index in [1.54, 1.807) is 18.2 Å². The predicted molar refractivity (Wildman–Crippen MR) is 92.3 cm³/mol. The van der Waals surface area contributed by atoms with Crippen LogP contribution in [-0.2, 0) is 0 Å². The Hall–Kier alpha value is -3.00. The molecule has 0 saturated heterocycles. The second-order valence-corrected chi connectivity index (χ2v) is 5.08. The van der Waals surface area contributed by atoms with Gasteiger partial charge in [0.15, 0.2) is 0 Å². The summed E-state index contributed by atoms with van der Waals surface area (Å²) in [6.45, 7) is 0. The fourth-order valence-corrected chi connectivity index (χ4v) is 2.12. The molecular formula is C16H15N3O4S. The number of carbonyl (C=O) groups is 3. The number of anilines is 1. The lowest BCUT2D eigenvalue weighted by Crippen LogP contribution is -2.38. The molecular weight excluding hydrogens is 330 g/mol. The van der Waals surface area contributed by atoms with Crippen molar-refractivity contribution >= 4 is 36.3 Å². The lowest BCUT2D eigenvalue weighted by atomic mass is 10.2. The van der Waals surface area contributed by atoms with Gasteiger partial charge in [-0.2, -0.15) is 0 Å². The number of carbonyl (C=O) groups excluding carboxylic acids is 3. The maximum absolute atomic E-state index is 12.2. The number of nitrogens with two attached hydrogens (primary N) is 1. The van der Waals surface area contributed by atoms with Gasteiger partial charge in [0.25, 0.3) is 5.91 Å². The molecule has 0 spiro atoms. The molecule has 0 aromatic heterocycles. The van der Waals surface area contributed by atoms with Crippen LogP contribution < -0.4 is 20.1 Å². The number of para-hydroxylation sites is 1. The Morgan fingerprint density at radius 3 is 2.29 bits per heavy atom. The normalized spacial score (nSPS) is 9.92. The van der Waals surface area contributed by atoms with Gasteiger partial charge >= 0.3 is 6.03 Å². The first kappa shape index (κ1) is 17.4. The number of thiol groups is 1. The van der Waals surface area contributed by atoms with Crippen molar-refractivity contribution in [3.05, 3.63) is 59.7 Å². The molecule has 2 rings (SSSR count). The first-order valence-corrected chi connectivity index (χ1v) is 7.21. The van der Waals surface area contributed by atoms with E-state index in [0.29, 0.717) is 17.0 Å². The number of imide groups is 1. The van der Waals surface area contributed by atoms with Crippen LogP contribution in [-0.4, -0.2) is 25.0 Å². The first-order valence-electron chi connectivity index (χ1n) is 6.81. The van der Waals surface area contributed by atoms with Crippen LogP contribution in [0, 0.1) is 0 Å². The van der Waals surface area contributed by atoms with Crippen LogP contribution in [0.2, 0.25) is 0 Å². The Balaban J connectivity index is 2.11. The van der Waals surface area contributed by atoms with E-state index >= 15 is 0 Å². The monoisotopic (exact) mass is 345 g/mol. The largest absolute Gasteiger partial charge is 0.496 e. The number of methoxy groups -OCH3 is 1. The molecule has 0 saturated carbocycles. The van der Waals surface area contributed by atoms with Crippen LogP contribution in [0.15, 0.2) is 48.5 Å². The highest BCUT2D eigenvalue weighted by atomic mass is 32.1. The Morgan fingerprint density at radius 2 is 1.71 bits per heavy atom. The molecule has 0 aliphatic rings. The molecule has 0 aliphatic heterocycles. The minimum absolute atomic E-state index is 0.221. The van der Waals surface area contributed by atoms with E-state index in [9.17, 15) is 14.4 Å². The number of ether oxygens (including phenoxy) is 1. The minimum atomic E-state index is -0.749. The predicted octanol–water partition coefficient (Wildman–Crippen LogP) is 2.00. The summed E-state index contributed by atoms with van der Waals surface area (Å²) in [7, 11) is 1.43. The summed E-state index contributed by atoms with van der Waals surface area (Å²) in [6.07, 6.45) is 0. The fraction of sp³-hybridized carbons (Fsp3) is 0.0625. The Morgan fingerprint density at radius 1 is 1.08 bits per heavy atom. The van der Waals surface area contributed by atoms with Crippen LogP contribution in [0.1, 0.15) is 20.7 Å². The molecule has 7 nitrogen and oxygen atoms in total. The summed E-state index contributed by atoms with van der Waals surface area (Å²) < 4.78 is 6.02. The van der Waals surface area contributed by atoms with Crippen LogP contribution in [0.25, 0.3) is 0 Å². The summed E-state index contributed by atoms with van der Waals surface area (Å²) in [4.78, 5) is 35.3. The highest BCUT2D eigenvalue weighted by Crippen LogP contribution is 2.19. The lowest BCUT2D eigenvalue weighted by Gasteiger charge is -2.16. The number of rotatable bonds is 4. The average Bonchev–Trinajstić information content (AvgIpc) is 2.60. The van der Waals surface area contributed by atoms with Crippen LogP contribution in [0.5, 0.6) is 5.75 Å². The number of hydrogen-bond donors (Lipinski definition) is 3. The third-order valence-electron chi connectivity index (χ3n) is 3.16. The summed E-state index contributed by atoms with van der Waals surface area (Å²) in [5, 5.41) is 2.21. The molecule has 0 heterocycles. The lowest BCUT2D eigenvalue weighted by molar-refractivity contribution is 0.0961. The first-order chi connectivity index (χ1) is 11.4. The molecule has 2 aromatic rings. The van der Waals surface area contributed by atoms with Crippen molar-refractivity contribution < 1.29 is 19.1 Å². The second-order valence-electron chi connectivity index (χ2n) is 4.68. The maximum atomic E-state index is 12.2. The molecule has 3 N–H and O–H groups in total. The molecule has 0 aliphatic carbocycles. The minimum Gasteiger partial charge on any atom is -0.496 e. The molecule has 0 unspecified atom stereocenters. The van der Waals surface area contributed by atoms with Crippen molar-refractivity contribution in [2.45, 2.75) is 0 Å². The molecule has 0 bridgehead atoms. The number of benzene rings is 2. The molecule has 4 amide bonds. The zero-order chi connectivity index (χ0) is 17.7. The SMILES string of the molecule is COc1ccccc1C(=O)NC(=O)N(S)c1ccc(C(N)=O)cc1. The van der Waals surface area contributed by atoms with Gasteiger partial charge in [0.05, 0.1) is 18.4 Å². The third kappa shape index (κ3) is 3.85. The van der Waals surface area contributed by atoms with Gasteiger partial charge in [0.2, 0.25) is 5.91 Å². The van der Waals surface area contributed by atoms with E-state index in [4.69, 9.17) is 10.5 Å². The Labute approximate surface area is 143 Å². The van der Waals surface area contributed by atoms with Crippen LogP contribution in [0.4, 0.5) is 10.5 Å². The zero-order valence-corrected chi connectivity index (χ0v) is 13.6. The molecule has 8 heteroatoms. The number of nitrogens with zero attached hydrogens (tertiary/aromatic N) is 1. The topological polar surface area (TPSA) is 102 Å².